The second-order valence-corrected chi connectivity index (χ2v) is 6.40. The second-order valence-electron chi connectivity index (χ2n) is 6.40. The number of aromatic nitrogens is 2. The third-order valence-electron chi connectivity index (χ3n) is 5.31. The predicted molar refractivity (Wildman–Crippen MR) is 91.4 cm³/mol. The van der Waals surface area contributed by atoms with E-state index in [9.17, 15) is 4.79 Å². The molecule has 5 nitrogen and oxygen atoms in total. The molecule has 0 aliphatic carbocycles. The zero-order valence-electron chi connectivity index (χ0n) is 13.4. The average Bonchev–Trinajstić information content (AvgIpc) is 3.19. The Balaban J connectivity index is 1.66. The van der Waals surface area contributed by atoms with E-state index >= 15 is 0 Å². The lowest BCUT2D eigenvalue weighted by atomic mass is 9.96. The van der Waals surface area contributed by atoms with Gasteiger partial charge in [-0.2, -0.15) is 0 Å². The van der Waals surface area contributed by atoms with Gasteiger partial charge in [0.2, 0.25) is 0 Å². The summed E-state index contributed by atoms with van der Waals surface area (Å²) < 4.78 is 4.93. The molecule has 2 aromatic heterocycles. The van der Waals surface area contributed by atoms with E-state index < -0.39 is 0 Å². The zero-order chi connectivity index (χ0) is 16.3. The summed E-state index contributed by atoms with van der Waals surface area (Å²) in [6.45, 7) is 0.943. The first-order valence-electron chi connectivity index (χ1n) is 8.19. The third kappa shape index (κ3) is 1.69. The minimum absolute atomic E-state index is 0.240. The predicted octanol–water partition coefficient (Wildman–Crippen LogP) is 3.01. The number of benzene rings is 1. The smallest absolute Gasteiger partial charge is 0.339 e. The first kappa shape index (κ1) is 13.6. The number of anilines is 1. The number of carbonyl (C=O) groups is 1. The fourth-order valence-corrected chi connectivity index (χ4v) is 4.24. The molecule has 2 aliphatic heterocycles. The van der Waals surface area contributed by atoms with Gasteiger partial charge in [-0.1, -0.05) is 18.2 Å². The molecule has 24 heavy (non-hydrogen) atoms. The van der Waals surface area contributed by atoms with Gasteiger partial charge in [-0.15, -0.1) is 0 Å². The highest BCUT2D eigenvalue weighted by Gasteiger charge is 2.38. The number of hydrogen-bond donors (Lipinski definition) is 1. The Morgan fingerprint density at radius 3 is 3.04 bits per heavy atom. The molecule has 4 heterocycles. The van der Waals surface area contributed by atoms with Gasteiger partial charge in [-0.3, -0.25) is 4.98 Å². The van der Waals surface area contributed by atoms with Gasteiger partial charge in [0.25, 0.3) is 0 Å². The Labute approximate surface area is 139 Å². The Morgan fingerprint density at radius 1 is 1.29 bits per heavy atom. The van der Waals surface area contributed by atoms with Crippen LogP contribution in [0.1, 0.15) is 33.2 Å². The molecule has 5 heteroatoms. The van der Waals surface area contributed by atoms with Crippen molar-refractivity contribution < 1.29 is 9.53 Å². The summed E-state index contributed by atoms with van der Waals surface area (Å²) in [5, 5.41) is 1.31. The van der Waals surface area contributed by atoms with Crippen molar-refractivity contribution >= 4 is 22.6 Å². The molecular formula is C19H17N3O2. The number of nitrogens with one attached hydrogen (secondary N) is 1. The third-order valence-corrected chi connectivity index (χ3v) is 5.31. The highest BCUT2D eigenvalue weighted by atomic mass is 16.5. The van der Waals surface area contributed by atoms with Crippen molar-refractivity contribution in [2.75, 3.05) is 18.6 Å². The fourth-order valence-electron chi connectivity index (χ4n) is 4.24. The van der Waals surface area contributed by atoms with Crippen molar-refractivity contribution in [1.29, 1.82) is 0 Å². The Hall–Kier alpha value is -2.82. The van der Waals surface area contributed by atoms with Gasteiger partial charge in [-0.25, -0.2) is 4.79 Å². The van der Waals surface area contributed by atoms with Gasteiger partial charge in [0, 0.05) is 35.8 Å². The van der Waals surface area contributed by atoms with Crippen LogP contribution in [0.25, 0.3) is 10.9 Å². The van der Waals surface area contributed by atoms with E-state index in [4.69, 9.17) is 4.74 Å². The van der Waals surface area contributed by atoms with Crippen LogP contribution in [0, 0.1) is 0 Å². The topological polar surface area (TPSA) is 58.2 Å². The van der Waals surface area contributed by atoms with Gasteiger partial charge >= 0.3 is 5.97 Å². The molecule has 5 rings (SSSR count). The highest BCUT2D eigenvalue weighted by Crippen LogP contribution is 2.45. The highest BCUT2D eigenvalue weighted by molar-refractivity contribution is 5.93. The monoisotopic (exact) mass is 319 g/mol. The number of esters is 1. The minimum atomic E-state index is -0.309. The largest absolute Gasteiger partial charge is 0.465 e. The SMILES string of the molecule is COC(=O)c1cncc2c1C[C@H]1c3[nH]c4ccccc4c3CCN21. The summed E-state index contributed by atoms with van der Waals surface area (Å²) in [5.41, 5.74) is 6.57. The molecule has 0 amide bonds. The molecule has 120 valence electrons. The van der Waals surface area contributed by atoms with Crippen molar-refractivity contribution in [2.45, 2.75) is 18.9 Å². The zero-order valence-corrected chi connectivity index (χ0v) is 13.4. The quantitative estimate of drug-likeness (QED) is 0.701. The van der Waals surface area contributed by atoms with Crippen LogP contribution < -0.4 is 4.90 Å². The second kappa shape index (κ2) is 4.84. The molecule has 0 unspecified atom stereocenters. The van der Waals surface area contributed by atoms with E-state index in [0.717, 1.165) is 30.6 Å². The van der Waals surface area contributed by atoms with Crippen molar-refractivity contribution in [1.82, 2.24) is 9.97 Å². The lowest BCUT2D eigenvalue weighted by Gasteiger charge is -2.32. The molecule has 0 radical (unpaired) electrons. The molecule has 3 aromatic rings. The molecule has 0 spiro atoms. The molecule has 0 saturated heterocycles. The van der Waals surface area contributed by atoms with E-state index in [-0.39, 0.29) is 12.0 Å². The Kier molecular flexibility index (Phi) is 2.74. The normalized spacial score (nSPS) is 18.2. The van der Waals surface area contributed by atoms with E-state index in [1.807, 2.05) is 6.20 Å². The van der Waals surface area contributed by atoms with Crippen LogP contribution >= 0.6 is 0 Å². The number of pyridine rings is 1. The standard InChI is InChI=1S/C19H17N3O2/c1-24-19(23)14-9-20-10-17-13(14)8-16-18-12(6-7-22(16)17)11-4-2-3-5-15(11)21-18/h2-5,9-10,16,21H,6-8H2,1H3/t16-/m0/s1. The lowest BCUT2D eigenvalue weighted by molar-refractivity contribution is 0.0599. The number of fused-ring (bicyclic) bond motifs is 7. The number of methoxy groups -OCH3 is 1. The van der Waals surface area contributed by atoms with E-state index in [0.29, 0.717) is 5.56 Å². The van der Waals surface area contributed by atoms with Crippen molar-refractivity contribution in [3.05, 3.63) is 59.0 Å². The first-order chi connectivity index (χ1) is 11.8. The van der Waals surface area contributed by atoms with Gasteiger partial charge < -0.3 is 14.6 Å². The number of rotatable bonds is 1. The van der Waals surface area contributed by atoms with Crippen molar-refractivity contribution in [3.63, 3.8) is 0 Å². The van der Waals surface area contributed by atoms with Crippen LogP contribution in [0.15, 0.2) is 36.7 Å². The Bertz CT molecular complexity index is 976. The van der Waals surface area contributed by atoms with Crippen molar-refractivity contribution in [3.8, 4) is 0 Å². The molecular weight excluding hydrogens is 302 g/mol. The van der Waals surface area contributed by atoms with Crippen LogP contribution in [0.5, 0.6) is 0 Å². The van der Waals surface area contributed by atoms with Gasteiger partial charge in [-0.05, 0) is 23.6 Å². The number of H-pyrrole nitrogens is 1. The summed E-state index contributed by atoms with van der Waals surface area (Å²) in [7, 11) is 1.42. The van der Waals surface area contributed by atoms with Gasteiger partial charge in [0.05, 0.1) is 30.6 Å². The maximum absolute atomic E-state index is 12.1. The number of para-hydroxylation sites is 1. The van der Waals surface area contributed by atoms with Gasteiger partial charge in [0.15, 0.2) is 0 Å². The molecule has 1 aromatic carbocycles. The number of hydrogen-bond acceptors (Lipinski definition) is 4. The lowest BCUT2D eigenvalue weighted by Crippen LogP contribution is -2.32. The molecule has 1 N–H and O–H groups in total. The number of ether oxygens (including phenoxy) is 1. The summed E-state index contributed by atoms with van der Waals surface area (Å²) in [4.78, 5) is 22.3. The van der Waals surface area contributed by atoms with E-state index in [2.05, 4.69) is 39.1 Å². The fraction of sp³-hybridized carbons (Fsp3) is 0.263. The number of nitrogens with zero attached hydrogens (tertiary/aromatic N) is 2. The summed E-state index contributed by atoms with van der Waals surface area (Å²) in [6, 6.07) is 8.70. The molecule has 2 aliphatic rings. The molecule has 0 saturated carbocycles. The molecule has 1 atom stereocenters. The first-order valence-corrected chi connectivity index (χ1v) is 8.19. The summed E-state index contributed by atoms with van der Waals surface area (Å²) in [6.07, 6.45) is 5.30. The maximum Gasteiger partial charge on any atom is 0.339 e. The van der Waals surface area contributed by atoms with Crippen LogP contribution in [0.3, 0.4) is 0 Å². The van der Waals surface area contributed by atoms with Crippen LogP contribution in [0.4, 0.5) is 5.69 Å². The summed E-state index contributed by atoms with van der Waals surface area (Å²) in [5.74, 6) is -0.309. The number of aromatic amines is 1. The number of carbonyl (C=O) groups excluding carboxylic acids is 1. The van der Waals surface area contributed by atoms with E-state index in [1.165, 1.54) is 29.3 Å². The molecule has 0 bridgehead atoms. The average molecular weight is 319 g/mol. The maximum atomic E-state index is 12.1. The van der Waals surface area contributed by atoms with Crippen LogP contribution in [-0.2, 0) is 17.6 Å². The van der Waals surface area contributed by atoms with Crippen molar-refractivity contribution in [2.24, 2.45) is 0 Å². The summed E-state index contributed by atoms with van der Waals surface area (Å²) >= 11 is 0. The minimum Gasteiger partial charge on any atom is -0.465 e. The van der Waals surface area contributed by atoms with Gasteiger partial charge in [0.1, 0.15) is 0 Å². The molecule has 0 fully saturated rings. The van der Waals surface area contributed by atoms with E-state index in [1.54, 1.807) is 6.20 Å². The Morgan fingerprint density at radius 2 is 2.17 bits per heavy atom. The van der Waals surface area contributed by atoms with Crippen LogP contribution in [-0.4, -0.2) is 29.6 Å². The van der Waals surface area contributed by atoms with Crippen LogP contribution in [0.2, 0.25) is 0 Å².